The summed E-state index contributed by atoms with van der Waals surface area (Å²) in [5.74, 6) is -0.490. The molecule has 1 saturated heterocycles. The third-order valence-electron chi connectivity index (χ3n) is 4.68. The van der Waals surface area contributed by atoms with Crippen LogP contribution in [0, 0.1) is 18.7 Å². The predicted molar refractivity (Wildman–Crippen MR) is 94.1 cm³/mol. The van der Waals surface area contributed by atoms with E-state index in [2.05, 4.69) is 0 Å². The molecule has 1 unspecified atom stereocenters. The second kappa shape index (κ2) is 7.23. The van der Waals surface area contributed by atoms with E-state index in [1.54, 1.807) is 13.0 Å². The molecule has 1 fully saturated rings. The second-order valence-corrected chi connectivity index (χ2v) is 8.54. The van der Waals surface area contributed by atoms with Crippen molar-refractivity contribution in [2.45, 2.75) is 31.3 Å². The van der Waals surface area contributed by atoms with Crippen molar-refractivity contribution in [1.29, 1.82) is 0 Å². The van der Waals surface area contributed by atoms with Gasteiger partial charge in [0.25, 0.3) is 0 Å². The van der Waals surface area contributed by atoms with E-state index >= 15 is 0 Å². The highest BCUT2D eigenvalue weighted by Crippen LogP contribution is 2.28. The smallest absolute Gasteiger partial charge is 0.246 e. The molecule has 0 spiro atoms. The van der Waals surface area contributed by atoms with E-state index in [4.69, 9.17) is 5.11 Å². The molecule has 0 amide bonds. The maximum atomic E-state index is 14.0. The number of hydrogen-bond donors (Lipinski definition) is 1. The summed E-state index contributed by atoms with van der Waals surface area (Å²) < 4.78 is 40.9. The van der Waals surface area contributed by atoms with Crippen LogP contribution in [0.15, 0.2) is 47.4 Å². The van der Waals surface area contributed by atoms with E-state index in [1.165, 1.54) is 16.4 Å². The van der Waals surface area contributed by atoms with Crippen LogP contribution in [0.3, 0.4) is 0 Å². The van der Waals surface area contributed by atoms with Crippen molar-refractivity contribution in [3.63, 3.8) is 0 Å². The SMILES string of the molecule is Cc1ccc(F)c(S(=O)(=O)N2CCC(Cc3ccc(CO)cc3)C2)c1. The maximum Gasteiger partial charge on any atom is 0.246 e. The van der Waals surface area contributed by atoms with Gasteiger partial charge in [0, 0.05) is 13.1 Å². The van der Waals surface area contributed by atoms with Gasteiger partial charge < -0.3 is 5.11 Å². The molecule has 2 aromatic rings. The normalized spacial score (nSPS) is 18.6. The van der Waals surface area contributed by atoms with Crippen LogP contribution in [-0.2, 0) is 23.1 Å². The van der Waals surface area contributed by atoms with Gasteiger partial charge in [0.05, 0.1) is 6.61 Å². The Labute approximate surface area is 148 Å². The van der Waals surface area contributed by atoms with E-state index in [0.29, 0.717) is 13.1 Å². The number of aryl methyl sites for hydroxylation is 1. The van der Waals surface area contributed by atoms with Gasteiger partial charge in [-0.3, -0.25) is 0 Å². The standard InChI is InChI=1S/C19H22FNO3S/c1-14-2-7-18(20)19(10-14)25(23,24)21-9-8-17(12-21)11-15-3-5-16(13-22)6-4-15/h2-7,10,17,22H,8-9,11-13H2,1H3. The van der Waals surface area contributed by atoms with Gasteiger partial charge >= 0.3 is 0 Å². The Morgan fingerprint density at radius 2 is 1.84 bits per heavy atom. The molecule has 4 nitrogen and oxygen atoms in total. The first-order valence-electron chi connectivity index (χ1n) is 8.35. The van der Waals surface area contributed by atoms with Crippen LogP contribution in [0.1, 0.15) is 23.1 Å². The Kier molecular flexibility index (Phi) is 5.22. The van der Waals surface area contributed by atoms with Gasteiger partial charge in [0.15, 0.2) is 0 Å². The minimum atomic E-state index is -3.80. The molecule has 6 heteroatoms. The maximum absolute atomic E-state index is 14.0. The molecular formula is C19H22FNO3S. The number of halogens is 1. The number of aliphatic hydroxyl groups excluding tert-OH is 1. The van der Waals surface area contributed by atoms with Gasteiger partial charge in [-0.15, -0.1) is 0 Å². The molecule has 1 heterocycles. The highest BCUT2D eigenvalue weighted by molar-refractivity contribution is 7.89. The lowest BCUT2D eigenvalue weighted by molar-refractivity contribution is 0.282. The van der Waals surface area contributed by atoms with Crippen LogP contribution in [0.25, 0.3) is 0 Å². The highest BCUT2D eigenvalue weighted by Gasteiger charge is 2.34. The lowest BCUT2D eigenvalue weighted by Gasteiger charge is -2.17. The summed E-state index contributed by atoms with van der Waals surface area (Å²) in [4.78, 5) is -0.236. The van der Waals surface area contributed by atoms with Crippen molar-refractivity contribution < 1.29 is 17.9 Å². The summed E-state index contributed by atoms with van der Waals surface area (Å²) in [6, 6.07) is 11.8. The molecule has 2 aromatic carbocycles. The molecule has 1 aliphatic heterocycles. The molecule has 3 rings (SSSR count). The molecule has 0 saturated carbocycles. The summed E-state index contributed by atoms with van der Waals surface area (Å²) in [6.07, 6.45) is 1.53. The Morgan fingerprint density at radius 1 is 1.16 bits per heavy atom. The van der Waals surface area contributed by atoms with Crippen LogP contribution in [0.2, 0.25) is 0 Å². The van der Waals surface area contributed by atoms with Crippen molar-refractivity contribution in [1.82, 2.24) is 4.31 Å². The van der Waals surface area contributed by atoms with E-state index in [0.717, 1.165) is 29.5 Å². The van der Waals surface area contributed by atoms with Crippen molar-refractivity contribution in [3.05, 3.63) is 65.0 Å². The molecular weight excluding hydrogens is 341 g/mol. The molecule has 0 radical (unpaired) electrons. The van der Waals surface area contributed by atoms with E-state index in [1.807, 2.05) is 24.3 Å². The summed E-state index contributed by atoms with van der Waals surface area (Å²) in [6.45, 7) is 2.58. The van der Waals surface area contributed by atoms with Crippen LogP contribution < -0.4 is 0 Å². The molecule has 134 valence electrons. The lowest BCUT2D eigenvalue weighted by Crippen LogP contribution is -2.30. The quantitative estimate of drug-likeness (QED) is 0.889. The summed E-state index contributed by atoms with van der Waals surface area (Å²) >= 11 is 0. The highest BCUT2D eigenvalue weighted by atomic mass is 32.2. The molecule has 1 N–H and O–H groups in total. The van der Waals surface area contributed by atoms with Crippen LogP contribution >= 0.6 is 0 Å². The third-order valence-corrected chi connectivity index (χ3v) is 6.56. The Morgan fingerprint density at radius 3 is 2.52 bits per heavy atom. The monoisotopic (exact) mass is 363 g/mol. The fourth-order valence-electron chi connectivity index (χ4n) is 3.24. The number of benzene rings is 2. The van der Waals surface area contributed by atoms with Crippen LogP contribution in [-0.4, -0.2) is 30.9 Å². The molecule has 1 atom stereocenters. The third kappa shape index (κ3) is 3.92. The summed E-state index contributed by atoms with van der Waals surface area (Å²) in [7, 11) is -3.80. The van der Waals surface area contributed by atoms with Gasteiger partial charge in [0.2, 0.25) is 10.0 Å². The molecule has 1 aliphatic rings. The van der Waals surface area contributed by atoms with Crippen molar-refractivity contribution in [2.75, 3.05) is 13.1 Å². The van der Waals surface area contributed by atoms with Gasteiger partial charge in [-0.25, -0.2) is 12.8 Å². The van der Waals surface area contributed by atoms with E-state index in [9.17, 15) is 12.8 Å². The first-order chi connectivity index (χ1) is 11.9. The average molecular weight is 363 g/mol. The summed E-state index contributed by atoms with van der Waals surface area (Å²) in [5.41, 5.74) is 2.69. The number of hydrogen-bond acceptors (Lipinski definition) is 3. The minimum absolute atomic E-state index is 0.0117. The van der Waals surface area contributed by atoms with E-state index < -0.39 is 15.8 Å². The first kappa shape index (κ1) is 18.0. The molecule has 25 heavy (non-hydrogen) atoms. The Balaban J connectivity index is 1.72. The second-order valence-electron chi connectivity index (χ2n) is 6.63. The minimum Gasteiger partial charge on any atom is -0.392 e. The molecule has 0 aliphatic carbocycles. The fourth-order valence-corrected chi connectivity index (χ4v) is 4.92. The largest absolute Gasteiger partial charge is 0.392 e. The zero-order valence-corrected chi connectivity index (χ0v) is 15.0. The molecule has 0 bridgehead atoms. The zero-order valence-electron chi connectivity index (χ0n) is 14.2. The fraction of sp³-hybridized carbons (Fsp3) is 0.368. The number of aliphatic hydroxyl groups is 1. The average Bonchev–Trinajstić information content (AvgIpc) is 3.07. The van der Waals surface area contributed by atoms with E-state index in [-0.39, 0.29) is 17.4 Å². The van der Waals surface area contributed by atoms with Crippen molar-refractivity contribution in [3.8, 4) is 0 Å². The Hall–Kier alpha value is -1.76. The van der Waals surface area contributed by atoms with Gasteiger partial charge in [-0.05, 0) is 54.5 Å². The van der Waals surface area contributed by atoms with Gasteiger partial charge in [-0.1, -0.05) is 30.3 Å². The van der Waals surface area contributed by atoms with Crippen LogP contribution in [0.4, 0.5) is 4.39 Å². The molecule has 0 aromatic heterocycles. The topological polar surface area (TPSA) is 57.6 Å². The first-order valence-corrected chi connectivity index (χ1v) is 9.79. The van der Waals surface area contributed by atoms with Gasteiger partial charge in [-0.2, -0.15) is 4.31 Å². The lowest BCUT2D eigenvalue weighted by atomic mass is 9.98. The predicted octanol–water partition coefficient (Wildman–Crippen LogP) is 2.88. The van der Waals surface area contributed by atoms with Gasteiger partial charge in [0.1, 0.15) is 10.7 Å². The summed E-state index contributed by atoms with van der Waals surface area (Å²) in [5, 5.41) is 9.08. The number of nitrogens with zero attached hydrogens (tertiary/aromatic N) is 1. The zero-order chi connectivity index (χ0) is 18.0. The number of rotatable bonds is 5. The van der Waals surface area contributed by atoms with Crippen molar-refractivity contribution >= 4 is 10.0 Å². The van der Waals surface area contributed by atoms with Crippen molar-refractivity contribution in [2.24, 2.45) is 5.92 Å². The number of sulfonamides is 1. The Bertz CT molecular complexity index is 849. The van der Waals surface area contributed by atoms with Crippen LogP contribution in [0.5, 0.6) is 0 Å².